The molecule has 0 bridgehead atoms. The average molecular weight is 289 g/mol. The fourth-order valence-corrected chi connectivity index (χ4v) is 3.73. The zero-order valence-corrected chi connectivity index (χ0v) is 12.8. The molecule has 1 saturated carbocycles. The Balaban J connectivity index is 1.46. The van der Waals surface area contributed by atoms with Crippen molar-refractivity contribution in [3.8, 4) is 0 Å². The molecule has 1 aliphatic heterocycles. The molecule has 0 atom stereocenters. The van der Waals surface area contributed by atoms with E-state index in [4.69, 9.17) is 0 Å². The summed E-state index contributed by atoms with van der Waals surface area (Å²) in [4.78, 5) is 6.80. The topological polar surface area (TPSA) is 48.4 Å². The molecule has 1 aromatic rings. The first-order valence-electron chi connectivity index (χ1n) is 8.32. The summed E-state index contributed by atoms with van der Waals surface area (Å²) in [5.41, 5.74) is 0.165. The Morgan fingerprint density at radius 3 is 2.62 bits per heavy atom. The van der Waals surface area contributed by atoms with Crippen LogP contribution in [0.3, 0.4) is 0 Å². The van der Waals surface area contributed by atoms with Gasteiger partial charge in [-0.3, -0.25) is 0 Å². The summed E-state index contributed by atoms with van der Waals surface area (Å²) in [5, 5.41) is 13.4. The fraction of sp³-hybridized carbons (Fsp3) is 0.706. The number of anilines is 1. The quantitative estimate of drug-likeness (QED) is 0.872. The number of rotatable bonds is 5. The number of aromatic nitrogens is 1. The van der Waals surface area contributed by atoms with Gasteiger partial charge >= 0.3 is 0 Å². The van der Waals surface area contributed by atoms with Crippen LogP contribution in [0.4, 0.5) is 5.82 Å². The van der Waals surface area contributed by atoms with Crippen LogP contribution in [0.25, 0.3) is 0 Å². The van der Waals surface area contributed by atoms with Crippen molar-refractivity contribution in [3.63, 3.8) is 0 Å². The van der Waals surface area contributed by atoms with Crippen LogP contribution < -0.4 is 10.2 Å². The third-order valence-corrected chi connectivity index (χ3v) is 5.23. The van der Waals surface area contributed by atoms with Crippen LogP contribution in [0.5, 0.6) is 0 Å². The van der Waals surface area contributed by atoms with Gasteiger partial charge in [0.2, 0.25) is 0 Å². The average Bonchev–Trinajstić information content (AvgIpc) is 3.04. The van der Waals surface area contributed by atoms with Crippen molar-refractivity contribution in [3.05, 3.63) is 24.4 Å². The highest BCUT2D eigenvalue weighted by atomic mass is 16.3. The molecule has 0 spiro atoms. The summed E-state index contributed by atoms with van der Waals surface area (Å²) in [6.45, 7) is 3.46. The zero-order chi connectivity index (χ0) is 14.5. The second-order valence-corrected chi connectivity index (χ2v) is 6.70. The van der Waals surface area contributed by atoms with Gasteiger partial charge in [-0.2, -0.15) is 0 Å². The Hall–Kier alpha value is -1.13. The van der Waals surface area contributed by atoms with Crippen LogP contribution in [0.15, 0.2) is 24.4 Å². The Morgan fingerprint density at radius 1 is 1.24 bits per heavy atom. The molecule has 21 heavy (non-hydrogen) atoms. The van der Waals surface area contributed by atoms with Crippen molar-refractivity contribution < 1.29 is 5.11 Å². The van der Waals surface area contributed by atoms with Crippen molar-refractivity contribution in [1.29, 1.82) is 0 Å². The van der Waals surface area contributed by atoms with Gasteiger partial charge in [0.15, 0.2) is 0 Å². The largest absolute Gasteiger partial charge is 0.396 e. The minimum atomic E-state index is 0.165. The van der Waals surface area contributed by atoms with Crippen LogP contribution in [-0.4, -0.2) is 42.4 Å². The van der Waals surface area contributed by atoms with Gasteiger partial charge in [-0.15, -0.1) is 0 Å². The van der Waals surface area contributed by atoms with E-state index in [1.54, 1.807) is 0 Å². The molecule has 2 fully saturated rings. The maximum atomic E-state index is 9.68. The molecule has 116 valence electrons. The van der Waals surface area contributed by atoms with Crippen molar-refractivity contribution in [1.82, 2.24) is 10.3 Å². The third kappa shape index (κ3) is 3.55. The summed E-state index contributed by atoms with van der Waals surface area (Å²) in [7, 11) is 0. The number of hydrogen-bond acceptors (Lipinski definition) is 4. The molecule has 2 aliphatic rings. The van der Waals surface area contributed by atoms with Crippen LogP contribution in [0, 0.1) is 5.41 Å². The Morgan fingerprint density at radius 2 is 2.00 bits per heavy atom. The van der Waals surface area contributed by atoms with Gasteiger partial charge in [0.25, 0.3) is 0 Å². The first-order valence-corrected chi connectivity index (χ1v) is 8.32. The van der Waals surface area contributed by atoms with Crippen molar-refractivity contribution in [2.75, 3.05) is 31.1 Å². The Kier molecular flexibility index (Phi) is 4.76. The normalized spacial score (nSPS) is 22.6. The molecular weight excluding hydrogens is 262 g/mol. The predicted molar refractivity (Wildman–Crippen MR) is 85.5 cm³/mol. The van der Waals surface area contributed by atoms with Crippen LogP contribution in [0.1, 0.15) is 38.5 Å². The Labute approximate surface area is 127 Å². The number of nitrogens with zero attached hydrogens (tertiary/aromatic N) is 2. The SMILES string of the molecule is OCC1(CNC2CCN(c3ccccn3)CC2)CCCC1. The lowest BCUT2D eigenvalue weighted by atomic mass is 9.86. The minimum absolute atomic E-state index is 0.165. The Bertz CT molecular complexity index is 423. The molecule has 2 heterocycles. The maximum absolute atomic E-state index is 9.68. The van der Waals surface area contributed by atoms with Gasteiger partial charge in [-0.1, -0.05) is 18.9 Å². The third-order valence-electron chi connectivity index (χ3n) is 5.23. The van der Waals surface area contributed by atoms with E-state index >= 15 is 0 Å². The zero-order valence-electron chi connectivity index (χ0n) is 12.8. The molecule has 0 aromatic carbocycles. The molecule has 0 amide bonds. The molecule has 1 aliphatic carbocycles. The standard InChI is InChI=1S/C17H27N3O/c21-14-17(8-2-3-9-17)13-19-15-6-11-20(12-7-15)16-5-1-4-10-18-16/h1,4-5,10,15,19,21H,2-3,6-9,11-14H2. The van der Waals surface area contributed by atoms with E-state index in [1.165, 1.54) is 25.7 Å². The summed E-state index contributed by atoms with van der Waals surface area (Å²) in [6, 6.07) is 6.70. The summed E-state index contributed by atoms with van der Waals surface area (Å²) >= 11 is 0. The molecule has 2 N–H and O–H groups in total. The highest BCUT2D eigenvalue weighted by molar-refractivity contribution is 5.38. The number of aliphatic hydroxyl groups is 1. The monoisotopic (exact) mass is 289 g/mol. The lowest BCUT2D eigenvalue weighted by Crippen LogP contribution is -2.46. The van der Waals surface area contributed by atoms with Crippen LogP contribution in [-0.2, 0) is 0 Å². The molecule has 3 rings (SSSR count). The lowest BCUT2D eigenvalue weighted by molar-refractivity contribution is 0.123. The van der Waals surface area contributed by atoms with E-state index in [-0.39, 0.29) is 5.41 Å². The number of nitrogens with one attached hydrogen (secondary N) is 1. The van der Waals surface area contributed by atoms with Crippen LogP contribution >= 0.6 is 0 Å². The van der Waals surface area contributed by atoms with E-state index in [0.29, 0.717) is 12.6 Å². The van der Waals surface area contributed by atoms with Crippen molar-refractivity contribution >= 4 is 5.82 Å². The highest BCUT2D eigenvalue weighted by Gasteiger charge is 2.33. The molecule has 0 radical (unpaired) electrons. The van der Waals surface area contributed by atoms with Crippen molar-refractivity contribution in [2.24, 2.45) is 5.41 Å². The molecule has 4 nitrogen and oxygen atoms in total. The summed E-state index contributed by atoms with van der Waals surface area (Å²) < 4.78 is 0. The van der Waals surface area contributed by atoms with Crippen molar-refractivity contribution in [2.45, 2.75) is 44.6 Å². The van der Waals surface area contributed by atoms with Gasteiger partial charge in [0.05, 0.1) is 0 Å². The molecule has 1 saturated heterocycles. The van der Waals surface area contributed by atoms with Gasteiger partial charge in [-0.25, -0.2) is 4.98 Å². The van der Waals surface area contributed by atoms with Crippen LogP contribution in [0.2, 0.25) is 0 Å². The maximum Gasteiger partial charge on any atom is 0.128 e. The van der Waals surface area contributed by atoms with Gasteiger partial charge in [-0.05, 0) is 37.8 Å². The second-order valence-electron chi connectivity index (χ2n) is 6.70. The molecule has 1 aromatic heterocycles. The van der Waals surface area contributed by atoms with E-state index in [2.05, 4.69) is 27.3 Å². The lowest BCUT2D eigenvalue weighted by Gasteiger charge is -2.35. The summed E-state index contributed by atoms with van der Waals surface area (Å²) in [6.07, 6.45) is 9.12. The summed E-state index contributed by atoms with van der Waals surface area (Å²) in [5.74, 6) is 1.10. The molecule has 4 heteroatoms. The van der Waals surface area contributed by atoms with E-state index < -0.39 is 0 Å². The van der Waals surface area contributed by atoms with E-state index in [0.717, 1.165) is 38.3 Å². The first kappa shape index (κ1) is 14.8. The number of pyridine rings is 1. The first-order chi connectivity index (χ1) is 10.3. The van der Waals surface area contributed by atoms with Gasteiger partial charge in [0.1, 0.15) is 5.82 Å². The van der Waals surface area contributed by atoms with Gasteiger partial charge < -0.3 is 15.3 Å². The molecule has 0 unspecified atom stereocenters. The predicted octanol–water partition coefficient (Wildman–Crippen LogP) is 2.19. The number of piperidine rings is 1. The van der Waals surface area contributed by atoms with Gasteiger partial charge in [0, 0.05) is 43.9 Å². The second kappa shape index (κ2) is 6.75. The fourth-order valence-electron chi connectivity index (χ4n) is 3.73. The number of aliphatic hydroxyl groups excluding tert-OH is 1. The van der Waals surface area contributed by atoms with E-state index in [1.807, 2.05) is 12.3 Å². The smallest absolute Gasteiger partial charge is 0.128 e. The minimum Gasteiger partial charge on any atom is -0.396 e. The number of hydrogen-bond donors (Lipinski definition) is 2. The molecular formula is C17H27N3O. The van der Waals surface area contributed by atoms with E-state index in [9.17, 15) is 5.11 Å². The highest BCUT2D eigenvalue weighted by Crippen LogP contribution is 2.37.